The normalized spacial score (nSPS) is 11.7. The van der Waals surface area contributed by atoms with E-state index in [0.717, 1.165) is 27.7 Å². The van der Waals surface area contributed by atoms with Gasteiger partial charge in [0.05, 0.1) is 28.5 Å². The van der Waals surface area contributed by atoms with Crippen molar-refractivity contribution in [2.24, 2.45) is 0 Å². The van der Waals surface area contributed by atoms with Crippen LogP contribution in [0.5, 0.6) is 0 Å². The molecule has 2 aromatic heterocycles. The third-order valence-corrected chi connectivity index (χ3v) is 4.11. The SMILES string of the molecule is Cc1ccc2nc(/C(C#N)=C/c3cn[nH]c3-c3ccc(F)cc3)[nH]c2c1. The summed E-state index contributed by atoms with van der Waals surface area (Å²) in [6.07, 6.45) is 3.34. The quantitative estimate of drug-likeness (QED) is 0.539. The van der Waals surface area contributed by atoms with Crippen molar-refractivity contribution >= 4 is 22.7 Å². The van der Waals surface area contributed by atoms with Gasteiger partial charge in [0.1, 0.15) is 17.7 Å². The van der Waals surface area contributed by atoms with Gasteiger partial charge in [-0.2, -0.15) is 10.4 Å². The Hall–Kier alpha value is -3.72. The van der Waals surface area contributed by atoms with Crippen LogP contribution in [0, 0.1) is 24.1 Å². The van der Waals surface area contributed by atoms with E-state index in [4.69, 9.17) is 0 Å². The number of halogens is 1. The van der Waals surface area contributed by atoms with Gasteiger partial charge in [0, 0.05) is 11.1 Å². The molecule has 126 valence electrons. The third-order valence-electron chi connectivity index (χ3n) is 4.11. The van der Waals surface area contributed by atoms with E-state index in [0.29, 0.717) is 17.1 Å². The number of aromatic nitrogens is 4. The van der Waals surface area contributed by atoms with E-state index in [-0.39, 0.29) is 5.82 Å². The number of fused-ring (bicyclic) bond motifs is 1. The standard InChI is InChI=1S/C20H14FN5/c1-12-2-7-17-18(8-12)25-20(24-17)14(10-22)9-15-11-23-26-19(15)13-3-5-16(21)6-4-13/h2-9,11H,1H3,(H,23,26)(H,24,25)/b14-9+. The van der Waals surface area contributed by atoms with Gasteiger partial charge in [0.15, 0.2) is 0 Å². The van der Waals surface area contributed by atoms with Gasteiger partial charge in [-0.1, -0.05) is 6.07 Å². The molecule has 6 heteroatoms. The first-order valence-electron chi connectivity index (χ1n) is 8.02. The van der Waals surface area contributed by atoms with Crippen LogP contribution in [0.2, 0.25) is 0 Å². The number of allylic oxidation sites excluding steroid dienone is 1. The van der Waals surface area contributed by atoms with Crippen LogP contribution in [0.1, 0.15) is 17.0 Å². The highest BCUT2D eigenvalue weighted by molar-refractivity contribution is 5.92. The van der Waals surface area contributed by atoms with E-state index in [1.54, 1.807) is 24.4 Å². The highest BCUT2D eigenvalue weighted by Gasteiger charge is 2.11. The van der Waals surface area contributed by atoms with Gasteiger partial charge in [-0.25, -0.2) is 9.37 Å². The van der Waals surface area contributed by atoms with Crippen molar-refractivity contribution in [3.8, 4) is 17.3 Å². The minimum Gasteiger partial charge on any atom is -0.337 e. The Morgan fingerprint density at radius 1 is 1.19 bits per heavy atom. The molecule has 2 heterocycles. The van der Waals surface area contributed by atoms with Gasteiger partial charge in [-0.05, 0) is 55.0 Å². The van der Waals surface area contributed by atoms with Crippen LogP contribution in [-0.2, 0) is 0 Å². The molecule has 0 bridgehead atoms. The van der Waals surface area contributed by atoms with E-state index in [9.17, 15) is 9.65 Å². The number of hydrogen-bond donors (Lipinski definition) is 2. The summed E-state index contributed by atoms with van der Waals surface area (Å²) in [6, 6.07) is 14.2. The van der Waals surface area contributed by atoms with Gasteiger partial charge in [-0.15, -0.1) is 0 Å². The number of hydrogen-bond acceptors (Lipinski definition) is 3. The molecule has 4 rings (SSSR count). The molecule has 0 unspecified atom stereocenters. The van der Waals surface area contributed by atoms with Gasteiger partial charge in [0.25, 0.3) is 0 Å². The van der Waals surface area contributed by atoms with Crippen molar-refractivity contribution in [3.63, 3.8) is 0 Å². The maximum absolute atomic E-state index is 13.2. The summed E-state index contributed by atoms with van der Waals surface area (Å²) >= 11 is 0. The highest BCUT2D eigenvalue weighted by atomic mass is 19.1. The Morgan fingerprint density at radius 2 is 2.00 bits per heavy atom. The average molecular weight is 343 g/mol. The second-order valence-electron chi connectivity index (χ2n) is 5.98. The van der Waals surface area contributed by atoms with E-state index in [1.807, 2.05) is 25.1 Å². The van der Waals surface area contributed by atoms with E-state index in [2.05, 4.69) is 26.2 Å². The smallest absolute Gasteiger partial charge is 0.149 e. The van der Waals surface area contributed by atoms with Gasteiger partial charge in [-0.3, -0.25) is 5.10 Å². The lowest BCUT2D eigenvalue weighted by molar-refractivity contribution is 0.628. The fraction of sp³-hybridized carbons (Fsp3) is 0.0500. The molecular weight excluding hydrogens is 329 g/mol. The van der Waals surface area contributed by atoms with Crippen molar-refractivity contribution in [2.75, 3.05) is 0 Å². The van der Waals surface area contributed by atoms with Gasteiger partial charge in [0.2, 0.25) is 0 Å². The molecule has 0 spiro atoms. The van der Waals surface area contributed by atoms with Crippen molar-refractivity contribution in [1.82, 2.24) is 20.2 Å². The molecule has 2 aromatic carbocycles. The molecule has 0 aliphatic heterocycles. The fourth-order valence-electron chi connectivity index (χ4n) is 2.81. The first kappa shape index (κ1) is 15.8. The van der Waals surface area contributed by atoms with Gasteiger partial charge >= 0.3 is 0 Å². The molecule has 2 N–H and O–H groups in total. The predicted octanol–water partition coefficient (Wildman–Crippen LogP) is 4.46. The predicted molar refractivity (Wildman–Crippen MR) is 98.3 cm³/mol. The molecule has 5 nitrogen and oxygen atoms in total. The number of benzene rings is 2. The van der Waals surface area contributed by atoms with Crippen molar-refractivity contribution in [3.05, 3.63) is 71.4 Å². The molecule has 0 amide bonds. The number of nitrogens with zero attached hydrogens (tertiary/aromatic N) is 3. The van der Waals surface area contributed by atoms with Crippen LogP contribution in [0.25, 0.3) is 33.9 Å². The third kappa shape index (κ3) is 2.87. The number of aryl methyl sites for hydroxylation is 1. The Labute approximate surface area is 148 Å². The minimum absolute atomic E-state index is 0.305. The largest absolute Gasteiger partial charge is 0.337 e. The molecule has 0 saturated carbocycles. The Bertz CT molecular complexity index is 1160. The Kier molecular flexibility index (Phi) is 3.82. The second-order valence-corrected chi connectivity index (χ2v) is 5.98. The fourth-order valence-corrected chi connectivity index (χ4v) is 2.81. The van der Waals surface area contributed by atoms with E-state index < -0.39 is 0 Å². The van der Waals surface area contributed by atoms with Crippen molar-refractivity contribution < 1.29 is 4.39 Å². The lowest BCUT2D eigenvalue weighted by Gasteiger charge is -2.00. The van der Waals surface area contributed by atoms with Crippen LogP contribution in [0.15, 0.2) is 48.7 Å². The lowest BCUT2D eigenvalue weighted by atomic mass is 10.1. The topological polar surface area (TPSA) is 81.2 Å². The Balaban J connectivity index is 1.77. The maximum Gasteiger partial charge on any atom is 0.149 e. The summed E-state index contributed by atoms with van der Waals surface area (Å²) in [6.45, 7) is 2.00. The summed E-state index contributed by atoms with van der Waals surface area (Å²) in [5.74, 6) is 0.194. The maximum atomic E-state index is 13.2. The second kappa shape index (κ2) is 6.30. The highest BCUT2D eigenvalue weighted by Crippen LogP contribution is 2.26. The number of H-pyrrole nitrogens is 2. The van der Waals surface area contributed by atoms with Gasteiger partial charge < -0.3 is 4.98 Å². The van der Waals surface area contributed by atoms with E-state index in [1.165, 1.54) is 12.1 Å². The Morgan fingerprint density at radius 3 is 2.77 bits per heavy atom. The monoisotopic (exact) mass is 343 g/mol. The molecule has 0 fully saturated rings. The summed E-state index contributed by atoms with van der Waals surface area (Å²) in [5, 5.41) is 16.5. The van der Waals surface area contributed by atoms with Crippen LogP contribution in [0.4, 0.5) is 4.39 Å². The molecule has 0 atom stereocenters. The number of nitrogens with one attached hydrogen (secondary N) is 2. The molecule has 0 aliphatic carbocycles. The molecule has 0 radical (unpaired) electrons. The molecule has 0 saturated heterocycles. The number of aromatic amines is 2. The molecule has 4 aromatic rings. The lowest BCUT2D eigenvalue weighted by Crippen LogP contribution is -1.86. The average Bonchev–Trinajstić information content (AvgIpc) is 3.26. The van der Waals surface area contributed by atoms with Crippen molar-refractivity contribution in [2.45, 2.75) is 6.92 Å². The first-order valence-corrected chi connectivity index (χ1v) is 8.02. The zero-order valence-corrected chi connectivity index (χ0v) is 13.9. The molecule has 0 aliphatic rings. The minimum atomic E-state index is -0.305. The summed E-state index contributed by atoms with van der Waals surface area (Å²) in [4.78, 5) is 7.68. The van der Waals surface area contributed by atoms with E-state index >= 15 is 0 Å². The van der Waals surface area contributed by atoms with Crippen LogP contribution >= 0.6 is 0 Å². The van der Waals surface area contributed by atoms with Crippen LogP contribution in [0.3, 0.4) is 0 Å². The first-order chi connectivity index (χ1) is 12.6. The summed E-state index contributed by atoms with van der Waals surface area (Å²) in [5.41, 5.74) is 5.42. The number of rotatable bonds is 3. The number of nitriles is 1. The zero-order chi connectivity index (χ0) is 18.1. The molecular formula is C20H14FN5. The summed E-state index contributed by atoms with van der Waals surface area (Å²) in [7, 11) is 0. The van der Waals surface area contributed by atoms with Crippen molar-refractivity contribution in [1.29, 1.82) is 5.26 Å². The molecule has 26 heavy (non-hydrogen) atoms. The zero-order valence-electron chi connectivity index (χ0n) is 13.9. The summed E-state index contributed by atoms with van der Waals surface area (Å²) < 4.78 is 13.2. The van der Waals surface area contributed by atoms with Crippen LogP contribution < -0.4 is 0 Å². The van der Waals surface area contributed by atoms with Crippen LogP contribution in [-0.4, -0.2) is 20.2 Å². The number of imidazole rings is 1.